The van der Waals surface area contributed by atoms with Gasteiger partial charge in [-0.1, -0.05) is 20.8 Å². The van der Waals surface area contributed by atoms with E-state index < -0.39 is 0 Å². The minimum atomic E-state index is -0.0212. The van der Waals surface area contributed by atoms with Gasteiger partial charge in [0.25, 0.3) is 0 Å². The zero-order chi connectivity index (χ0) is 16.0. The molecule has 1 amide bonds. The molecule has 1 heterocycles. The molecule has 0 aliphatic heterocycles. The van der Waals surface area contributed by atoms with Crippen LogP contribution >= 0.6 is 0 Å². The van der Waals surface area contributed by atoms with Crippen molar-refractivity contribution in [1.82, 2.24) is 14.7 Å². The van der Waals surface area contributed by atoms with E-state index in [2.05, 4.69) is 36.1 Å². The Morgan fingerprint density at radius 3 is 2.71 bits per heavy atom. The fourth-order valence-electron chi connectivity index (χ4n) is 2.16. The number of amides is 1. The molecule has 6 heteroatoms. The van der Waals surface area contributed by atoms with E-state index in [0.717, 1.165) is 18.9 Å². The number of hydrogen-bond donors (Lipinski definition) is 2. The van der Waals surface area contributed by atoms with E-state index in [9.17, 15) is 4.79 Å². The Labute approximate surface area is 127 Å². The van der Waals surface area contributed by atoms with Crippen LogP contribution in [-0.2, 0) is 4.79 Å². The highest BCUT2D eigenvalue weighted by Gasteiger charge is 2.21. The number of nitrogens with one attached hydrogen (secondary N) is 1. The van der Waals surface area contributed by atoms with Crippen LogP contribution in [0.15, 0.2) is 12.3 Å². The van der Waals surface area contributed by atoms with E-state index in [1.54, 1.807) is 10.9 Å². The fourth-order valence-corrected chi connectivity index (χ4v) is 2.16. The van der Waals surface area contributed by atoms with E-state index in [-0.39, 0.29) is 17.4 Å². The first-order valence-corrected chi connectivity index (χ1v) is 7.55. The zero-order valence-corrected chi connectivity index (χ0v) is 13.9. The summed E-state index contributed by atoms with van der Waals surface area (Å²) in [4.78, 5) is 14.3. The molecule has 0 spiro atoms. The van der Waals surface area contributed by atoms with Crippen LogP contribution in [0, 0.1) is 5.41 Å². The molecule has 21 heavy (non-hydrogen) atoms. The molecule has 0 aliphatic rings. The van der Waals surface area contributed by atoms with Gasteiger partial charge in [0.15, 0.2) is 0 Å². The molecule has 1 rings (SSSR count). The fraction of sp³-hybridized carbons (Fsp3) is 0.733. The summed E-state index contributed by atoms with van der Waals surface area (Å²) < 4.78 is 1.80. The second kappa shape index (κ2) is 7.56. The van der Waals surface area contributed by atoms with Crippen LogP contribution in [0.2, 0.25) is 0 Å². The van der Waals surface area contributed by atoms with E-state index >= 15 is 0 Å². The van der Waals surface area contributed by atoms with Crippen LogP contribution in [0.25, 0.3) is 0 Å². The van der Waals surface area contributed by atoms with Crippen molar-refractivity contribution in [2.24, 2.45) is 11.1 Å². The van der Waals surface area contributed by atoms with E-state index in [4.69, 9.17) is 5.73 Å². The van der Waals surface area contributed by atoms with Crippen molar-refractivity contribution in [3.8, 4) is 0 Å². The maximum absolute atomic E-state index is 12.2. The Morgan fingerprint density at radius 1 is 1.52 bits per heavy atom. The van der Waals surface area contributed by atoms with Crippen molar-refractivity contribution in [1.29, 1.82) is 0 Å². The standard InChI is InChI=1S/C15H29N5O/c1-6-19(11-15(4,5)10-16)9-14(21)18-13-7-8-17-20(13)12(2)3/h7-8,12H,6,9-11,16H2,1-5H3,(H,18,21). The molecule has 1 aromatic heterocycles. The first-order chi connectivity index (χ1) is 9.79. The number of nitrogens with two attached hydrogens (primary N) is 1. The second-order valence-corrected chi connectivity index (χ2v) is 6.47. The predicted molar refractivity (Wildman–Crippen MR) is 86.2 cm³/mol. The lowest BCUT2D eigenvalue weighted by Gasteiger charge is -2.30. The van der Waals surface area contributed by atoms with Crippen molar-refractivity contribution in [3.05, 3.63) is 12.3 Å². The van der Waals surface area contributed by atoms with Gasteiger partial charge in [0.1, 0.15) is 5.82 Å². The lowest BCUT2D eigenvalue weighted by Crippen LogP contribution is -2.42. The first-order valence-electron chi connectivity index (χ1n) is 7.55. The average molecular weight is 295 g/mol. The molecule has 0 saturated heterocycles. The molecule has 6 nitrogen and oxygen atoms in total. The molecule has 0 saturated carbocycles. The van der Waals surface area contributed by atoms with Gasteiger partial charge in [-0.25, -0.2) is 4.68 Å². The molecule has 1 aromatic rings. The second-order valence-electron chi connectivity index (χ2n) is 6.47. The summed E-state index contributed by atoms with van der Waals surface area (Å²) in [6, 6.07) is 2.03. The summed E-state index contributed by atoms with van der Waals surface area (Å²) in [5, 5.41) is 7.14. The molecule has 120 valence electrons. The minimum absolute atomic E-state index is 0.00992. The molecule has 0 atom stereocenters. The van der Waals surface area contributed by atoms with Crippen molar-refractivity contribution in [2.75, 3.05) is 31.5 Å². The Balaban J connectivity index is 2.61. The molecular weight excluding hydrogens is 266 g/mol. The van der Waals surface area contributed by atoms with Crippen molar-refractivity contribution >= 4 is 11.7 Å². The van der Waals surface area contributed by atoms with Crippen molar-refractivity contribution in [2.45, 2.75) is 40.7 Å². The lowest BCUT2D eigenvalue weighted by molar-refractivity contribution is -0.117. The zero-order valence-electron chi connectivity index (χ0n) is 13.9. The molecule has 0 unspecified atom stereocenters. The van der Waals surface area contributed by atoms with Gasteiger partial charge in [-0.15, -0.1) is 0 Å². The first kappa shape index (κ1) is 17.7. The Hall–Kier alpha value is -1.40. The number of carbonyl (C=O) groups is 1. The Bertz CT molecular complexity index is 453. The summed E-state index contributed by atoms with van der Waals surface area (Å²) in [5.74, 6) is 0.719. The summed E-state index contributed by atoms with van der Waals surface area (Å²) in [7, 11) is 0. The number of carbonyl (C=O) groups excluding carboxylic acids is 1. The summed E-state index contributed by atoms with van der Waals surface area (Å²) in [5.41, 5.74) is 5.77. The number of likely N-dealkylation sites (N-methyl/N-ethyl adjacent to an activating group) is 1. The topological polar surface area (TPSA) is 76.2 Å². The maximum Gasteiger partial charge on any atom is 0.239 e. The van der Waals surface area contributed by atoms with E-state index in [1.165, 1.54) is 0 Å². The maximum atomic E-state index is 12.2. The molecule has 0 aromatic carbocycles. The number of nitrogens with zero attached hydrogens (tertiary/aromatic N) is 3. The molecule has 0 bridgehead atoms. The number of anilines is 1. The van der Waals surface area contributed by atoms with Crippen LogP contribution in [-0.4, -0.2) is 46.8 Å². The van der Waals surface area contributed by atoms with Gasteiger partial charge in [-0.2, -0.15) is 5.10 Å². The van der Waals surface area contributed by atoms with Crippen molar-refractivity contribution in [3.63, 3.8) is 0 Å². The quantitative estimate of drug-likeness (QED) is 0.765. The van der Waals surface area contributed by atoms with Gasteiger partial charge < -0.3 is 11.1 Å². The van der Waals surface area contributed by atoms with Crippen LogP contribution < -0.4 is 11.1 Å². The third kappa shape index (κ3) is 5.47. The average Bonchev–Trinajstić information content (AvgIpc) is 2.85. The third-order valence-corrected chi connectivity index (χ3v) is 3.45. The summed E-state index contributed by atoms with van der Waals surface area (Å²) >= 11 is 0. The van der Waals surface area contributed by atoms with Gasteiger partial charge in [0.05, 0.1) is 12.7 Å². The van der Waals surface area contributed by atoms with Gasteiger partial charge in [-0.3, -0.25) is 9.69 Å². The molecule has 3 N–H and O–H groups in total. The smallest absolute Gasteiger partial charge is 0.239 e. The van der Waals surface area contributed by atoms with E-state index in [0.29, 0.717) is 13.1 Å². The Morgan fingerprint density at radius 2 is 2.19 bits per heavy atom. The molecule has 0 radical (unpaired) electrons. The molecule has 0 aliphatic carbocycles. The molecule has 0 fully saturated rings. The van der Waals surface area contributed by atoms with E-state index in [1.807, 2.05) is 19.9 Å². The van der Waals surface area contributed by atoms with Gasteiger partial charge in [0.2, 0.25) is 5.91 Å². The van der Waals surface area contributed by atoms with Crippen molar-refractivity contribution < 1.29 is 4.79 Å². The Kier molecular flexibility index (Phi) is 6.36. The highest BCUT2D eigenvalue weighted by atomic mass is 16.2. The lowest BCUT2D eigenvalue weighted by atomic mass is 9.93. The SMILES string of the molecule is CCN(CC(=O)Nc1ccnn1C(C)C)CC(C)(C)CN. The third-order valence-electron chi connectivity index (χ3n) is 3.45. The predicted octanol–water partition coefficient (Wildman–Crippen LogP) is 1.71. The highest BCUT2D eigenvalue weighted by Crippen LogP contribution is 2.15. The summed E-state index contributed by atoms with van der Waals surface area (Å²) in [6.45, 7) is 12.9. The summed E-state index contributed by atoms with van der Waals surface area (Å²) in [6.07, 6.45) is 1.70. The largest absolute Gasteiger partial charge is 0.330 e. The monoisotopic (exact) mass is 295 g/mol. The highest BCUT2D eigenvalue weighted by molar-refractivity contribution is 5.91. The minimum Gasteiger partial charge on any atom is -0.330 e. The number of rotatable bonds is 8. The van der Waals surface area contributed by atoms with Gasteiger partial charge in [0, 0.05) is 18.7 Å². The molecular formula is C15H29N5O. The van der Waals surface area contributed by atoms with Crippen LogP contribution in [0.3, 0.4) is 0 Å². The van der Waals surface area contributed by atoms with Crippen LogP contribution in [0.4, 0.5) is 5.82 Å². The van der Waals surface area contributed by atoms with Gasteiger partial charge in [-0.05, 0) is 32.4 Å². The van der Waals surface area contributed by atoms with Crippen LogP contribution in [0.5, 0.6) is 0 Å². The number of aromatic nitrogens is 2. The number of hydrogen-bond acceptors (Lipinski definition) is 4. The normalized spacial score (nSPS) is 12.2. The van der Waals surface area contributed by atoms with Crippen LogP contribution in [0.1, 0.15) is 40.7 Å². The van der Waals surface area contributed by atoms with Gasteiger partial charge >= 0.3 is 0 Å².